The molecule has 1 aromatic rings. The van der Waals surface area contributed by atoms with E-state index in [0.717, 1.165) is 20.7 Å². The van der Waals surface area contributed by atoms with Gasteiger partial charge in [-0.05, 0) is 34.5 Å². The lowest BCUT2D eigenvalue weighted by atomic mass is 10.4. The highest BCUT2D eigenvalue weighted by atomic mass is 79.9. The van der Waals surface area contributed by atoms with Gasteiger partial charge < -0.3 is 0 Å². The molecule has 0 aliphatic carbocycles. The topological polar surface area (TPSA) is 70.0 Å². The Balaban J connectivity index is 3.00. The number of rotatable bonds is 3. The number of thiophene rings is 1. The van der Waals surface area contributed by atoms with E-state index in [1.807, 2.05) is 6.92 Å². The number of halogens is 1. The minimum atomic E-state index is -3.51. The van der Waals surface area contributed by atoms with E-state index < -0.39 is 10.0 Å². The van der Waals surface area contributed by atoms with Crippen LogP contribution in [-0.2, 0) is 10.0 Å². The van der Waals surface area contributed by atoms with Gasteiger partial charge in [-0.2, -0.15) is 9.98 Å². The molecule has 0 radical (unpaired) electrons. The predicted octanol–water partition coefficient (Wildman–Crippen LogP) is 1.62. The Morgan fingerprint density at radius 3 is 2.79 bits per heavy atom. The molecule has 0 aromatic carbocycles. The Hall–Kier alpha value is -0.420. The standard InChI is InChI=1S/C7H7BrN2O2S2/c1-5-4-6(13-7(5)8)14(11,12)10-3-2-9/h4,10H,3H2,1H3. The van der Waals surface area contributed by atoms with Crippen LogP contribution < -0.4 is 4.72 Å². The summed E-state index contributed by atoms with van der Waals surface area (Å²) >= 11 is 4.37. The molecule has 0 aliphatic rings. The van der Waals surface area contributed by atoms with Crippen LogP contribution in [0.25, 0.3) is 0 Å². The van der Waals surface area contributed by atoms with Crippen LogP contribution in [0.1, 0.15) is 5.56 Å². The van der Waals surface area contributed by atoms with Crippen molar-refractivity contribution in [3.8, 4) is 6.07 Å². The first-order chi connectivity index (χ1) is 6.47. The normalized spacial score (nSPS) is 11.2. The lowest BCUT2D eigenvalue weighted by molar-refractivity contribution is 0.588. The Labute approximate surface area is 94.7 Å². The van der Waals surface area contributed by atoms with Crippen LogP contribution in [0, 0.1) is 18.3 Å². The summed E-state index contributed by atoms with van der Waals surface area (Å²) < 4.78 is 26.1. The molecule has 1 heterocycles. The van der Waals surface area contributed by atoms with Gasteiger partial charge in [0.15, 0.2) is 0 Å². The highest BCUT2D eigenvalue weighted by Gasteiger charge is 2.17. The van der Waals surface area contributed by atoms with Crippen molar-refractivity contribution < 1.29 is 8.42 Å². The molecular weight excluding hydrogens is 288 g/mol. The summed E-state index contributed by atoms with van der Waals surface area (Å²) in [6, 6.07) is 3.28. The second kappa shape index (κ2) is 4.40. The quantitative estimate of drug-likeness (QED) is 0.861. The molecule has 4 nitrogen and oxygen atoms in total. The van der Waals surface area contributed by atoms with Crippen LogP contribution in [0.4, 0.5) is 0 Å². The summed E-state index contributed by atoms with van der Waals surface area (Å²) in [6.07, 6.45) is 0. The van der Waals surface area contributed by atoms with Gasteiger partial charge in [-0.25, -0.2) is 8.42 Å². The minimum Gasteiger partial charge on any atom is -0.206 e. The average molecular weight is 295 g/mol. The molecule has 0 amide bonds. The third-order valence-electron chi connectivity index (χ3n) is 1.44. The fourth-order valence-electron chi connectivity index (χ4n) is 0.763. The largest absolute Gasteiger partial charge is 0.251 e. The number of nitrogens with zero attached hydrogens (tertiary/aromatic N) is 1. The third-order valence-corrected chi connectivity index (χ3v) is 5.45. The summed E-state index contributed by atoms with van der Waals surface area (Å²) in [6.45, 7) is 1.60. The number of nitriles is 1. The van der Waals surface area contributed by atoms with E-state index in [4.69, 9.17) is 5.26 Å². The highest BCUT2D eigenvalue weighted by molar-refractivity contribution is 9.11. The molecule has 0 spiro atoms. The van der Waals surface area contributed by atoms with Crippen LogP contribution in [-0.4, -0.2) is 15.0 Å². The second-order valence-electron chi connectivity index (χ2n) is 2.50. The van der Waals surface area contributed by atoms with Crippen molar-refractivity contribution in [1.82, 2.24) is 4.72 Å². The van der Waals surface area contributed by atoms with Crippen molar-refractivity contribution in [2.75, 3.05) is 6.54 Å². The van der Waals surface area contributed by atoms with Gasteiger partial charge in [0.25, 0.3) is 10.0 Å². The zero-order valence-electron chi connectivity index (χ0n) is 7.24. The summed E-state index contributed by atoms with van der Waals surface area (Å²) in [5.74, 6) is 0. The molecule has 0 fully saturated rings. The van der Waals surface area contributed by atoms with Crippen molar-refractivity contribution in [2.24, 2.45) is 0 Å². The van der Waals surface area contributed by atoms with Crippen LogP contribution in [0.5, 0.6) is 0 Å². The van der Waals surface area contributed by atoms with Crippen LogP contribution in [0.15, 0.2) is 14.1 Å². The maximum atomic E-state index is 11.5. The maximum absolute atomic E-state index is 11.5. The number of sulfonamides is 1. The van der Waals surface area contributed by atoms with Crippen LogP contribution in [0.2, 0.25) is 0 Å². The van der Waals surface area contributed by atoms with Gasteiger partial charge in [-0.3, -0.25) is 0 Å². The van der Waals surface area contributed by atoms with E-state index in [2.05, 4.69) is 20.7 Å². The van der Waals surface area contributed by atoms with E-state index in [0.29, 0.717) is 0 Å². The van der Waals surface area contributed by atoms with Crippen LogP contribution >= 0.6 is 27.3 Å². The summed E-state index contributed by atoms with van der Waals surface area (Å²) in [5.41, 5.74) is 0.868. The lowest BCUT2D eigenvalue weighted by Crippen LogP contribution is -2.22. The fraction of sp³-hybridized carbons (Fsp3) is 0.286. The van der Waals surface area contributed by atoms with E-state index in [1.54, 1.807) is 12.1 Å². The zero-order chi connectivity index (χ0) is 10.8. The molecule has 1 N–H and O–H groups in total. The number of hydrogen-bond donors (Lipinski definition) is 1. The third kappa shape index (κ3) is 2.54. The van der Waals surface area contributed by atoms with Crippen molar-refractivity contribution >= 4 is 37.3 Å². The van der Waals surface area contributed by atoms with Gasteiger partial charge >= 0.3 is 0 Å². The number of hydrogen-bond acceptors (Lipinski definition) is 4. The first kappa shape index (κ1) is 11.7. The van der Waals surface area contributed by atoms with E-state index in [-0.39, 0.29) is 10.8 Å². The molecule has 7 heteroatoms. The fourth-order valence-corrected chi connectivity index (χ4v) is 3.95. The molecular formula is C7H7BrN2O2S2. The van der Waals surface area contributed by atoms with Crippen molar-refractivity contribution in [1.29, 1.82) is 5.26 Å². The molecule has 76 valence electrons. The van der Waals surface area contributed by atoms with Crippen molar-refractivity contribution in [3.05, 3.63) is 15.4 Å². The van der Waals surface area contributed by atoms with E-state index in [9.17, 15) is 8.42 Å². The molecule has 0 bridgehead atoms. The van der Waals surface area contributed by atoms with E-state index >= 15 is 0 Å². The number of nitrogens with one attached hydrogen (secondary N) is 1. The lowest BCUT2D eigenvalue weighted by Gasteiger charge is -1.98. The molecule has 0 saturated carbocycles. The molecule has 1 rings (SSSR count). The monoisotopic (exact) mass is 294 g/mol. The molecule has 14 heavy (non-hydrogen) atoms. The first-order valence-electron chi connectivity index (χ1n) is 3.60. The van der Waals surface area contributed by atoms with Gasteiger partial charge in [-0.1, -0.05) is 0 Å². The maximum Gasteiger partial charge on any atom is 0.251 e. The predicted molar refractivity (Wildman–Crippen MR) is 57.6 cm³/mol. The molecule has 1 aromatic heterocycles. The first-order valence-corrected chi connectivity index (χ1v) is 6.69. The highest BCUT2D eigenvalue weighted by Crippen LogP contribution is 2.30. The Morgan fingerprint density at radius 1 is 1.71 bits per heavy atom. The van der Waals surface area contributed by atoms with Gasteiger partial charge in [-0.15, -0.1) is 11.3 Å². The summed E-state index contributed by atoms with van der Waals surface area (Å²) in [5, 5.41) is 8.25. The van der Waals surface area contributed by atoms with Crippen molar-refractivity contribution in [2.45, 2.75) is 11.1 Å². The minimum absolute atomic E-state index is 0.211. The van der Waals surface area contributed by atoms with Crippen molar-refractivity contribution in [3.63, 3.8) is 0 Å². The molecule has 0 saturated heterocycles. The number of aryl methyl sites for hydroxylation is 1. The zero-order valence-corrected chi connectivity index (χ0v) is 10.5. The smallest absolute Gasteiger partial charge is 0.206 e. The Bertz CT molecular complexity index is 453. The molecule has 0 unspecified atom stereocenters. The second-order valence-corrected chi connectivity index (χ2v) is 6.87. The SMILES string of the molecule is Cc1cc(S(=O)(=O)NCC#N)sc1Br. The molecule has 0 aliphatic heterocycles. The Morgan fingerprint density at radius 2 is 2.36 bits per heavy atom. The van der Waals surface area contributed by atoms with Gasteiger partial charge in [0.1, 0.15) is 4.21 Å². The summed E-state index contributed by atoms with van der Waals surface area (Å²) in [7, 11) is -3.51. The van der Waals surface area contributed by atoms with Gasteiger partial charge in [0, 0.05) is 0 Å². The average Bonchev–Trinajstić information content (AvgIpc) is 2.45. The van der Waals surface area contributed by atoms with E-state index in [1.165, 1.54) is 0 Å². The van der Waals surface area contributed by atoms with Crippen LogP contribution in [0.3, 0.4) is 0 Å². The van der Waals surface area contributed by atoms with Gasteiger partial charge in [0.2, 0.25) is 0 Å². The molecule has 0 atom stereocenters. The Kier molecular flexibility index (Phi) is 3.66. The van der Waals surface area contributed by atoms with Gasteiger partial charge in [0.05, 0.1) is 16.4 Å². The summed E-state index contributed by atoms with van der Waals surface area (Å²) in [4.78, 5) is 0.